The third kappa shape index (κ3) is 4.87. The summed E-state index contributed by atoms with van der Waals surface area (Å²) < 4.78 is -2.94. The molecule has 0 aliphatic heterocycles. The van der Waals surface area contributed by atoms with Crippen LogP contribution in [0.2, 0.25) is 0 Å². The fourth-order valence-electron chi connectivity index (χ4n) is 3.77. The van der Waals surface area contributed by atoms with Crippen molar-refractivity contribution < 1.29 is 0 Å². The Bertz CT molecular complexity index is 991. The maximum absolute atomic E-state index is 2.43. The van der Waals surface area contributed by atoms with E-state index in [1.165, 1.54) is 33.5 Å². The summed E-state index contributed by atoms with van der Waals surface area (Å²) in [5.74, 6) is 0. The van der Waals surface area contributed by atoms with Crippen LogP contribution in [0.25, 0.3) is 0 Å². The van der Waals surface area contributed by atoms with Gasteiger partial charge in [0, 0.05) is 0 Å². The molecule has 0 atom stereocenters. The first-order valence-corrected chi connectivity index (χ1v) is 20.1. The molecule has 0 bridgehead atoms. The van der Waals surface area contributed by atoms with Crippen molar-refractivity contribution in [1.82, 2.24) is 0 Å². The van der Waals surface area contributed by atoms with Crippen LogP contribution in [0.3, 0.4) is 0 Å². The Morgan fingerprint density at radius 2 is 0.567 bits per heavy atom. The molecule has 0 saturated carbocycles. The predicted octanol–water partition coefficient (Wildman–Crippen LogP) is 4.49. The van der Waals surface area contributed by atoms with Crippen molar-refractivity contribution in [1.29, 1.82) is 0 Å². The third-order valence-corrected chi connectivity index (χ3v) is 22.4. The van der Waals surface area contributed by atoms with Gasteiger partial charge in [0.1, 0.15) is 0 Å². The van der Waals surface area contributed by atoms with Crippen molar-refractivity contribution >= 4 is 72.7 Å². The first kappa shape index (κ1) is 22.5. The van der Waals surface area contributed by atoms with Crippen molar-refractivity contribution in [2.75, 3.05) is 12.3 Å². The summed E-state index contributed by atoms with van der Waals surface area (Å²) in [6, 6.07) is 44.8. The van der Waals surface area contributed by atoms with Gasteiger partial charge < -0.3 is 0 Å². The Morgan fingerprint density at radius 3 is 0.767 bits per heavy atom. The first-order valence-electron chi connectivity index (χ1n) is 10.0. The number of hydrogen-bond acceptors (Lipinski definition) is 0. The van der Waals surface area contributed by atoms with Crippen LogP contribution >= 0.6 is 8.98 Å². The van der Waals surface area contributed by atoms with E-state index in [4.69, 9.17) is 0 Å². The molecule has 30 heavy (non-hydrogen) atoms. The normalized spacial score (nSPS) is 11.9. The van der Waals surface area contributed by atoms with Crippen LogP contribution in [0.15, 0.2) is 121 Å². The van der Waals surface area contributed by atoms with Gasteiger partial charge in [0.05, 0.1) is 0 Å². The Labute approximate surface area is 204 Å². The molecule has 0 N–H and O–H groups in total. The molecule has 0 fully saturated rings. The molecule has 0 saturated heterocycles. The SMILES string of the molecule is [Te]=P(CCP(=[Te])(c1ccccc1)c1ccccc1)(c1ccccc1)c1ccccc1. The zero-order valence-corrected chi connectivity index (χ0v) is 23.1. The summed E-state index contributed by atoms with van der Waals surface area (Å²) in [5.41, 5.74) is 0. The molecule has 0 nitrogen and oxygen atoms in total. The predicted molar refractivity (Wildman–Crippen MR) is 139 cm³/mol. The van der Waals surface area contributed by atoms with Crippen LogP contribution in [-0.4, -0.2) is 54.8 Å². The van der Waals surface area contributed by atoms with Crippen molar-refractivity contribution in [2.24, 2.45) is 0 Å². The van der Waals surface area contributed by atoms with Gasteiger partial charge in [-0.3, -0.25) is 0 Å². The molecular formula is C26H24P2Te2. The molecule has 4 heteroatoms. The molecule has 0 aliphatic carbocycles. The van der Waals surface area contributed by atoms with E-state index in [9.17, 15) is 0 Å². The number of rotatable bonds is 7. The Morgan fingerprint density at radius 1 is 0.367 bits per heavy atom. The van der Waals surface area contributed by atoms with Crippen LogP contribution in [0, 0.1) is 0 Å². The third-order valence-electron chi connectivity index (χ3n) is 5.42. The van der Waals surface area contributed by atoms with Crippen molar-refractivity contribution in [3.8, 4) is 0 Å². The van der Waals surface area contributed by atoms with Gasteiger partial charge in [0.2, 0.25) is 0 Å². The van der Waals surface area contributed by atoms with E-state index in [-0.39, 0.29) is 0 Å². The topological polar surface area (TPSA) is 0 Å². The van der Waals surface area contributed by atoms with Crippen molar-refractivity contribution in [3.05, 3.63) is 121 Å². The van der Waals surface area contributed by atoms with Gasteiger partial charge in [-0.05, 0) is 0 Å². The fourth-order valence-corrected chi connectivity index (χ4v) is 18.6. The van der Waals surface area contributed by atoms with Gasteiger partial charge in [-0.15, -0.1) is 0 Å². The van der Waals surface area contributed by atoms with E-state index in [0.29, 0.717) is 0 Å². The summed E-state index contributed by atoms with van der Waals surface area (Å²) in [4.78, 5) is 0. The van der Waals surface area contributed by atoms with E-state index in [1.54, 1.807) is 0 Å². The zero-order chi connectivity index (χ0) is 20.9. The maximum atomic E-state index is 2.43. The molecule has 0 aromatic heterocycles. The van der Waals surface area contributed by atoms with E-state index in [1.807, 2.05) is 0 Å². The van der Waals surface area contributed by atoms with Gasteiger partial charge in [-0.25, -0.2) is 0 Å². The summed E-state index contributed by atoms with van der Waals surface area (Å²) >= 11 is 4.86. The number of hydrogen-bond donors (Lipinski definition) is 0. The number of benzene rings is 4. The zero-order valence-electron chi connectivity index (χ0n) is 16.7. The summed E-state index contributed by atoms with van der Waals surface area (Å²) in [5, 5.41) is 6.04. The Balaban J connectivity index is 1.78. The van der Waals surface area contributed by atoms with E-state index < -0.39 is 8.98 Å². The molecule has 0 spiro atoms. The van der Waals surface area contributed by atoms with Crippen molar-refractivity contribution in [3.63, 3.8) is 0 Å². The van der Waals surface area contributed by atoms with Crippen LogP contribution in [0.4, 0.5) is 0 Å². The molecule has 0 heterocycles. The van der Waals surface area contributed by atoms with E-state index in [0.717, 1.165) is 0 Å². The molecule has 150 valence electrons. The molecule has 0 unspecified atom stereocenters. The van der Waals surface area contributed by atoms with Gasteiger partial charge in [0.15, 0.2) is 0 Å². The Hall–Kier alpha value is -0.681. The Kier molecular flexibility index (Phi) is 7.72. The molecule has 4 aromatic rings. The van der Waals surface area contributed by atoms with Crippen LogP contribution in [0.1, 0.15) is 0 Å². The van der Waals surface area contributed by atoms with Gasteiger partial charge in [-0.1, -0.05) is 0 Å². The average molecular weight is 654 g/mol. The second-order valence-electron chi connectivity index (χ2n) is 7.27. The van der Waals surface area contributed by atoms with Gasteiger partial charge in [-0.2, -0.15) is 0 Å². The minimum absolute atomic E-state index is 1.22. The first-order chi connectivity index (χ1) is 14.6. The van der Waals surface area contributed by atoms with Crippen LogP contribution < -0.4 is 21.2 Å². The van der Waals surface area contributed by atoms with Crippen molar-refractivity contribution in [2.45, 2.75) is 0 Å². The minimum atomic E-state index is -1.47. The molecule has 0 aliphatic rings. The monoisotopic (exact) mass is 658 g/mol. The quantitative estimate of drug-likeness (QED) is 0.204. The summed E-state index contributed by atoms with van der Waals surface area (Å²) in [6.45, 7) is 0. The molecule has 4 aromatic carbocycles. The van der Waals surface area contributed by atoms with Crippen LogP contribution in [-0.2, 0) is 0 Å². The standard InChI is InChI=1S/C26H24P2Te2/c29-27(23-13-5-1-6-14-23,24-15-7-2-8-16-24)21-22-28(30,25-17-9-3-10-18-25)26-19-11-4-12-20-26/h1-20H,21-22H2. The molecule has 4 rings (SSSR count). The second kappa shape index (κ2) is 10.3. The molecular weight excluding hydrogens is 629 g/mol. The molecule has 0 radical (unpaired) electrons. The average Bonchev–Trinajstić information content (AvgIpc) is 2.84. The van der Waals surface area contributed by atoms with Gasteiger partial charge in [0.25, 0.3) is 0 Å². The summed E-state index contributed by atoms with van der Waals surface area (Å²) in [6.07, 6.45) is 2.45. The van der Waals surface area contributed by atoms with Gasteiger partial charge >= 0.3 is 206 Å². The second-order valence-corrected chi connectivity index (χ2v) is 23.9. The van der Waals surface area contributed by atoms with Crippen LogP contribution in [0.5, 0.6) is 0 Å². The summed E-state index contributed by atoms with van der Waals surface area (Å²) in [7, 11) is 0. The molecule has 0 amide bonds. The van der Waals surface area contributed by atoms with E-state index in [2.05, 4.69) is 164 Å². The van der Waals surface area contributed by atoms with E-state index >= 15 is 0 Å². The fraction of sp³-hybridized carbons (Fsp3) is 0.0769.